The molecule has 0 saturated carbocycles. The summed E-state index contributed by atoms with van der Waals surface area (Å²) in [5, 5.41) is 10.6. The van der Waals surface area contributed by atoms with Gasteiger partial charge in [-0.3, -0.25) is 10.1 Å². The first-order valence-corrected chi connectivity index (χ1v) is 8.30. The van der Waals surface area contributed by atoms with Crippen molar-refractivity contribution in [2.75, 3.05) is 0 Å². The molecular weight excluding hydrogens is 435 g/mol. The number of cyclic esters (lactones) is 1. The fourth-order valence-corrected chi connectivity index (χ4v) is 2.46. The van der Waals surface area contributed by atoms with Gasteiger partial charge in [0.1, 0.15) is 0 Å². The third-order valence-electron chi connectivity index (χ3n) is 3.36. The van der Waals surface area contributed by atoms with Gasteiger partial charge in [0.25, 0.3) is 5.69 Å². The van der Waals surface area contributed by atoms with Crippen molar-refractivity contribution in [1.29, 1.82) is 0 Å². The molecule has 0 amide bonds. The lowest BCUT2D eigenvalue weighted by Crippen LogP contribution is -2.05. The van der Waals surface area contributed by atoms with Crippen LogP contribution in [0, 0.1) is 13.7 Å². The van der Waals surface area contributed by atoms with E-state index in [1.54, 1.807) is 30.4 Å². The largest absolute Gasteiger partial charge is 0.402 e. The van der Waals surface area contributed by atoms with Gasteiger partial charge in [-0.15, -0.1) is 0 Å². The van der Waals surface area contributed by atoms with E-state index < -0.39 is 10.9 Å². The molecule has 25 heavy (non-hydrogen) atoms. The van der Waals surface area contributed by atoms with E-state index in [1.807, 2.05) is 24.3 Å². The summed E-state index contributed by atoms with van der Waals surface area (Å²) in [4.78, 5) is 26.2. The van der Waals surface area contributed by atoms with E-state index in [0.29, 0.717) is 0 Å². The molecule has 3 rings (SSSR count). The van der Waals surface area contributed by atoms with Crippen LogP contribution in [0.4, 0.5) is 5.69 Å². The van der Waals surface area contributed by atoms with E-state index in [-0.39, 0.29) is 17.3 Å². The van der Waals surface area contributed by atoms with E-state index in [9.17, 15) is 14.9 Å². The maximum Gasteiger partial charge on any atom is 0.363 e. The average molecular weight is 446 g/mol. The Kier molecular flexibility index (Phi) is 5.03. The second kappa shape index (κ2) is 7.39. The Morgan fingerprint density at radius 1 is 1.08 bits per heavy atom. The summed E-state index contributed by atoms with van der Waals surface area (Å²) in [6, 6.07) is 13.6. The standard InChI is InChI=1S/C18H11IN2O4/c19-14-8-6-13(7-9-14)17-20-16(18(22)25-17)3-1-2-12-4-10-15(11-5-12)21(23)24/h1-11H. The van der Waals surface area contributed by atoms with Crippen LogP contribution in [-0.4, -0.2) is 16.8 Å². The minimum atomic E-state index is -0.512. The van der Waals surface area contributed by atoms with E-state index >= 15 is 0 Å². The number of ether oxygens (including phenoxy) is 1. The number of nitro groups is 1. The third kappa shape index (κ3) is 4.18. The number of halogens is 1. The molecule has 0 N–H and O–H groups in total. The molecule has 0 fully saturated rings. The number of rotatable bonds is 4. The number of carbonyl (C=O) groups excluding carboxylic acids is 1. The van der Waals surface area contributed by atoms with Crippen LogP contribution in [0.5, 0.6) is 0 Å². The van der Waals surface area contributed by atoms with Crippen LogP contribution < -0.4 is 0 Å². The van der Waals surface area contributed by atoms with Crippen LogP contribution in [-0.2, 0) is 9.53 Å². The smallest absolute Gasteiger partial charge is 0.363 e. The minimum Gasteiger partial charge on any atom is -0.402 e. The van der Waals surface area contributed by atoms with Gasteiger partial charge in [0.2, 0.25) is 5.90 Å². The predicted octanol–water partition coefficient (Wildman–Crippen LogP) is 4.10. The number of non-ortho nitro benzene ring substituents is 1. The van der Waals surface area contributed by atoms with Crippen molar-refractivity contribution < 1.29 is 14.5 Å². The SMILES string of the molecule is O=C1OC(c2ccc(I)cc2)=NC1=CC=Cc1ccc([N+](=O)[O-])cc1. The molecule has 1 heterocycles. The second-order valence-corrected chi connectivity index (χ2v) is 6.32. The van der Waals surface area contributed by atoms with Crippen molar-refractivity contribution in [2.45, 2.75) is 0 Å². The van der Waals surface area contributed by atoms with E-state index in [4.69, 9.17) is 4.74 Å². The quantitative estimate of drug-likeness (QED) is 0.233. The summed E-state index contributed by atoms with van der Waals surface area (Å²) in [5.41, 5.74) is 1.74. The molecule has 0 aliphatic carbocycles. The van der Waals surface area contributed by atoms with Crippen molar-refractivity contribution >= 4 is 46.2 Å². The maximum absolute atomic E-state index is 11.9. The van der Waals surface area contributed by atoms with E-state index in [0.717, 1.165) is 14.7 Å². The Morgan fingerprint density at radius 2 is 1.76 bits per heavy atom. The van der Waals surface area contributed by atoms with Gasteiger partial charge in [-0.05, 0) is 70.6 Å². The number of nitrogens with zero attached hydrogens (tertiary/aromatic N) is 2. The van der Waals surface area contributed by atoms with Crippen LogP contribution >= 0.6 is 22.6 Å². The molecule has 0 radical (unpaired) electrons. The Hall–Kier alpha value is -2.81. The Morgan fingerprint density at radius 3 is 2.40 bits per heavy atom. The molecule has 1 aliphatic rings. The zero-order valence-electron chi connectivity index (χ0n) is 12.8. The van der Waals surface area contributed by atoms with Crippen LogP contribution in [0.25, 0.3) is 6.08 Å². The molecule has 0 spiro atoms. The lowest BCUT2D eigenvalue weighted by atomic mass is 10.2. The summed E-state index contributed by atoms with van der Waals surface area (Å²) >= 11 is 2.19. The molecule has 6 nitrogen and oxygen atoms in total. The van der Waals surface area contributed by atoms with E-state index in [2.05, 4.69) is 27.6 Å². The zero-order valence-corrected chi connectivity index (χ0v) is 14.9. The van der Waals surface area contributed by atoms with Crippen LogP contribution in [0.15, 0.2) is 71.4 Å². The van der Waals surface area contributed by atoms with Gasteiger partial charge in [0.15, 0.2) is 5.70 Å². The van der Waals surface area contributed by atoms with Gasteiger partial charge in [-0.2, -0.15) is 0 Å². The molecule has 0 atom stereocenters. The number of allylic oxidation sites excluding steroid dienone is 2. The minimum absolute atomic E-state index is 0.0293. The first-order chi connectivity index (χ1) is 12.0. The van der Waals surface area contributed by atoms with Gasteiger partial charge in [-0.1, -0.05) is 12.2 Å². The lowest BCUT2D eigenvalue weighted by molar-refractivity contribution is -0.384. The highest BCUT2D eigenvalue weighted by Gasteiger charge is 2.23. The Labute approximate surface area is 156 Å². The highest BCUT2D eigenvalue weighted by molar-refractivity contribution is 14.1. The molecule has 1 aliphatic heterocycles. The number of nitro benzene ring substituents is 1. The highest BCUT2D eigenvalue weighted by atomic mass is 127. The Bertz CT molecular complexity index is 913. The zero-order chi connectivity index (χ0) is 17.8. The molecular formula is C18H11IN2O4. The first-order valence-electron chi connectivity index (χ1n) is 7.22. The number of hydrogen-bond acceptors (Lipinski definition) is 5. The second-order valence-electron chi connectivity index (χ2n) is 5.07. The normalized spacial score (nSPS) is 15.5. The van der Waals surface area contributed by atoms with Crippen molar-refractivity contribution in [3.63, 3.8) is 0 Å². The first kappa shape index (κ1) is 17.0. The number of benzene rings is 2. The summed E-state index contributed by atoms with van der Waals surface area (Å²) < 4.78 is 6.25. The van der Waals surface area contributed by atoms with Crippen molar-refractivity contribution in [1.82, 2.24) is 0 Å². The van der Waals surface area contributed by atoms with Gasteiger partial charge in [0, 0.05) is 21.3 Å². The number of aliphatic imine (C=N–C) groups is 1. The van der Waals surface area contributed by atoms with Crippen molar-refractivity contribution in [3.05, 3.63) is 91.2 Å². The van der Waals surface area contributed by atoms with Gasteiger partial charge < -0.3 is 4.74 Å². The summed E-state index contributed by atoms with van der Waals surface area (Å²) in [5.74, 6) is -0.238. The van der Waals surface area contributed by atoms with Crippen molar-refractivity contribution in [2.24, 2.45) is 4.99 Å². The van der Waals surface area contributed by atoms with Gasteiger partial charge in [-0.25, -0.2) is 9.79 Å². The van der Waals surface area contributed by atoms with Crippen LogP contribution in [0.2, 0.25) is 0 Å². The molecule has 124 valence electrons. The monoisotopic (exact) mass is 446 g/mol. The molecule has 0 aromatic heterocycles. The van der Waals surface area contributed by atoms with Crippen LogP contribution in [0.1, 0.15) is 11.1 Å². The molecule has 0 bridgehead atoms. The fraction of sp³-hybridized carbons (Fsp3) is 0. The number of hydrogen-bond donors (Lipinski definition) is 0. The Balaban J connectivity index is 1.75. The summed E-state index contributed by atoms with van der Waals surface area (Å²) in [6.07, 6.45) is 4.92. The third-order valence-corrected chi connectivity index (χ3v) is 4.08. The van der Waals surface area contributed by atoms with Gasteiger partial charge >= 0.3 is 5.97 Å². The average Bonchev–Trinajstić information content (AvgIpc) is 2.97. The predicted molar refractivity (Wildman–Crippen MR) is 102 cm³/mol. The summed E-state index contributed by atoms with van der Waals surface area (Å²) in [7, 11) is 0. The molecule has 2 aromatic carbocycles. The topological polar surface area (TPSA) is 81.8 Å². The lowest BCUT2D eigenvalue weighted by Gasteiger charge is -1.98. The maximum atomic E-state index is 11.9. The molecule has 0 unspecified atom stereocenters. The number of esters is 1. The summed E-state index contributed by atoms with van der Waals surface area (Å²) in [6.45, 7) is 0. The highest BCUT2D eigenvalue weighted by Crippen LogP contribution is 2.18. The molecule has 7 heteroatoms. The van der Waals surface area contributed by atoms with Gasteiger partial charge in [0.05, 0.1) is 4.92 Å². The molecule has 0 saturated heterocycles. The van der Waals surface area contributed by atoms with Crippen molar-refractivity contribution in [3.8, 4) is 0 Å². The fourth-order valence-electron chi connectivity index (χ4n) is 2.10. The number of carbonyl (C=O) groups is 1. The van der Waals surface area contributed by atoms with Crippen LogP contribution in [0.3, 0.4) is 0 Å². The molecule has 2 aromatic rings. The van der Waals surface area contributed by atoms with E-state index in [1.165, 1.54) is 12.1 Å².